The molecule has 0 atom stereocenters. The molecule has 3 nitrogen and oxygen atoms in total. The summed E-state index contributed by atoms with van der Waals surface area (Å²) in [5.74, 6) is 2.63. The van der Waals surface area contributed by atoms with Crippen LogP contribution >= 0.6 is 11.8 Å². The van der Waals surface area contributed by atoms with Crippen molar-refractivity contribution in [3.63, 3.8) is 0 Å². The second kappa shape index (κ2) is 5.95. The van der Waals surface area contributed by atoms with E-state index in [0.717, 1.165) is 32.3 Å². The number of hydrogen-bond donors (Lipinski definition) is 1. The van der Waals surface area contributed by atoms with Crippen molar-refractivity contribution < 1.29 is 4.74 Å². The zero-order chi connectivity index (χ0) is 9.64. The topological polar surface area (TPSA) is 24.5 Å². The minimum atomic E-state index is 0.810. The Morgan fingerprint density at radius 2 is 2.07 bits per heavy atom. The van der Waals surface area contributed by atoms with Crippen LogP contribution in [0, 0.1) is 0 Å². The smallest absolute Gasteiger partial charge is 0.0594 e. The molecule has 2 fully saturated rings. The fraction of sp³-hybridized carbons (Fsp3) is 1.00. The van der Waals surface area contributed by atoms with Crippen molar-refractivity contribution in [2.75, 3.05) is 50.9 Å². The summed E-state index contributed by atoms with van der Waals surface area (Å²) < 4.78 is 5.31. The molecule has 14 heavy (non-hydrogen) atoms. The highest BCUT2D eigenvalue weighted by atomic mass is 32.2. The fourth-order valence-electron chi connectivity index (χ4n) is 1.79. The molecule has 0 bridgehead atoms. The lowest BCUT2D eigenvalue weighted by atomic mass is 10.3. The molecule has 0 aromatic rings. The average molecular weight is 216 g/mol. The third kappa shape index (κ3) is 3.42. The highest BCUT2D eigenvalue weighted by Crippen LogP contribution is 2.16. The van der Waals surface area contributed by atoms with E-state index >= 15 is 0 Å². The molecule has 2 heterocycles. The summed E-state index contributed by atoms with van der Waals surface area (Å²) in [7, 11) is 0. The molecule has 2 saturated heterocycles. The van der Waals surface area contributed by atoms with Crippen LogP contribution in [0.3, 0.4) is 0 Å². The Labute approximate surface area is 90.6 Å². The Bertz CT molecular complexity index is 158. The van der Waals surface area contributed by atoms with Gasteiger partial charge in [-0.25, -0.2) is 0 Å². The first-order chi connectivity index (χ1) is 6.95. The maximum atomic E-state index is 5.31. The van der Waals surface area contributed by atoms with E-state index in [1.165, 1.54) is 31.0 Å². The lowest BCUT2D eigenvalue weighted by Crippen LogP contribution is -2.42. The first kappa shape index (κ1) is 10.7. The van der Waals surface area contributed by atoms with Crippen molar-refractivity contribution in [2.45, 2.75) is 12.5 Å². The Hall–Kier alpha value is 0.230. The first-order valence-corrected chi connectivity index (χ1v) is 6.72. The van der Waals surface area contributed by atoms with E-state index in [1.807, 2.05) is 11.8 Å². The minimum absolute atomic E-state index is 0.810. The van der Waals surface area contributed by atoms with Gasteiger partial charge in [0.1, 0.15) is 0 Å². The number of ether oxygens (including phenoxy) is 1. The Morgan fingerprint density at radius 1 is 1.29 bits per heavy atom. The molecule has 82 valence electrons. The second-order valence-electron chi connectivity index (χ2n) is 4.00. The van der Waals surface area contributed by atoms with Gasteiger partial charge in [0.25, 0.3) is 0 Å². The molecule has 0 radical (unpaired) electrons. The molecule has 4 heteroatoms. The van der Waals surface area contributed by atoms with Crippen LogP contribution in [0.2, 0.25) is 0 Å². The molecular formula is C10H20N2OS. The highest BCUT2D eigenvalue weighted by Gasteiger charge is 2.16. The van der Waals surface area contributed by atoms with Crippen molar-refractivity contribution in [1.29, 1.82) is 0 Å². The van der Waals surface area contributed by atoms with Crippen LogP contribution < -0.4 is 5.32 Å². The van der Waals surface area contributed by atoms with Gasteiger partial charge in [0.05, 0.1) is 13.2 Å². The van der Waals surface area contributed by atoms with Crippen LogP contribution in [0.25, 0.3) is 0 Å². The molecule has 0 saturated carbocycles. The van der Waals surface area contributed by atoms with Gasteiger partial charge in [0, 0.05) is 30.6 Å². The number of hydrogen-bond acceptors (Lipinski definition) is 4. The minimum Gasteiger partial charge on any atom is -0.379 e. The van der Waals surface area contributed by atoms with Gasteiger partial charge in [-0.1, -0.05) is 0 Å². The van der Waals surface area contributed by atoms with Gasteiger partial charge in [-0.2, -0.15) is 11.8 Å². The fourth-order valence-corrected chi connectivity index (χ4v) is 2.49. The standard InChI is InChI=1S/C10H20N2OS/c1(2-11-10-8-14-9-10)3-12-4-6-13-7-5-12/h10-11H,1-9H2. The third-order valence-electron chi connectivity index (χ3n) is 2.83. The van der Waals surface area contributed by atoms with Crippen LogP contribution in [0.1, 0.15) is 6.42 Å². The van der Waals surface area contributed by atoms with Crippen molar-refractivity contribution in [3.05, 3.63) is 0 Å². The van der Waals surface area contributed by atoms with E-state index in [2.05, 4.69) is 10.2 Å². The number of thioether (sulfide) groups is 1. The Balaban J connectivity index is 1.45. The van der Waals surface area contributed by atoms with Gasteiger partial charge in [-0.15, -0.1) is 0 Å². The van der Waals surface area contributed by atoms with Crippen molar-refractivity contribution >= 4 is 11.8 Å². The normalized spacial score (nSPS) is 24.9. The molecule has 2 aliphatic heterocycles. The number of rotatable bonds is 5. The van der Waals surface area contributed by atoms with Crippen LogP contribution in [0.4, 0.5) is 0 Å². The maximum absolute atomic E-state index is 5.31. The van der Waals surface area contributed by atoms with E-state index < -0.39 is 0 Å². The Morgan fingerprint density at radius 3 is 2.71 bits per heavy atom. The molecule has 2 aliphatic rings. The zero-order valence-electron chi connectivity index (χ0n) is 8.71. The van der Waals surface area contributed by atoms with E-state index in [1.54, 1.807) is 0 Å². The van der Waals surface area contributed by atoms with Crippen LogP contribution in [0.15, 0.2) is 0 Å². The predicted octanol–water partition coefficient (Wildman–Crippen LogP) is 0.414. The van der Waals surface area contributed by atoms with Gasteiger partial charge in [0.2, 0.25) is 0 Å². The van der Waals surface area contributed by atoms with E-state index in [-0.39, 0.29) is 0 Å². The van der Waals surface area contributed by atoms with E-state index in [4.69, 9.17) is 4.74 Å². The van der Waals surface area contributed by atoms with Crippen LogP contribution in [-0.4, -0.2) is 61.8 Å². The van der Waals surface area contributed by atoms with Crippen molar-refractivity contribution in [1.82, 2.24) is 10.2 Å². The lowest BCUT2D eigenvalue weighted by Gasteiger charge is -2.28. The van der Waals surface area contributed by atoms with E-state index in [9.17, 15) is 0 Å². The summed E-state index contributed by atoms with van der Waals surface area (Å²) in [6, 6.07) is 0.810. The first-order valence-electron chi connectivity index (χ1n) is 5.56. The molecule has 0 aliphatic carbocycles. The monoisotopic (exact) mass is 216 g/mol. The van der Waals surface area contributed by atoms with Crippen molar-refractivity contribution in [3.8, 4) is 0 Å². The number of nitrogens with zero attached hydrogens (tertiary/aromatic N) is 1. The summed E-state index contributed by atoms with van der Waals surface area (Å²) in [4.78, 5) is 2.50. The van der Waals surface area contributed by atoms with E-state index in [0.29, 0.717) is 0 Å². The largest absolute Gasteiger partial charge is 0.379 e. The highest BCUT2D eigenvalue weighted by molar-refractivity contribution is 8.00. The zero-order valence-corrected chi connectivity index (χ0v) is 9.52. The third-order valence-corrected chi connectivity index (χ3v) is 4.10. The molecular weight excluding hydrogens is 196 g/mol. The Kier molecular flexibility index (Phi) is 4.57. The maximum Gasteiger partial charge on any atom is 0.0594 e. The van der Waals surface area contributed by atoms with Crippen LogP contribution in [-0.2, 0) is 4.74 Å². The summed E-state index contributed by atoms with van der Waals surface area (Å²) in [6.07, 6.45) is 1.28. The van der Waals surface area contributed by atoms with Gasteiger partial charge >= 0.3 is 0 Å². The van der Waals surface area contributed by atoms with Gasteiger partial charge in [0.15, 0.2) is 0 Å². The quantitative estimate of drug-likeness (QED) is 0.673. The SMILES string of the molecule is C(CNC1CSC1)CN1CCOCC1. The van der Waals surface area contributed by atoms with Gasteiger partial charge < -0.3 is 10.1 Å². The number of morpholine rings is 1. The molecule has 0 spiro atoms. The summed E-state index contributed by atoms with van der Waals surface area (Å²) >= 11 is 2.04. The number of nitrogens with one attached hydrogen (secondary N) is 1. The predicted molar refractivity (Wildman–Crippen MR) is 61.0 cm³/mol. The summed E-state index contributed by atoms with van der Waals surface area (Å²) in [5, 5.41) is 3.58. The molecule has 2 rings (SSSR count). The van der Waals surface area contributed by atoms with Gasteiger partial charge in [-0.05, 0) is 19.5 Å². The average Bonchev–Trinajstić information content (AvgIpc) is 2.16. The lowest BCUT2D eigenvalue weighted by molar-refractivity contribution is 0.0374. The molecule has 0 unspecified atom stereocenters. The van der Waals surface area contributed by atoms with Crippen LogP contribution in [0.5, 0.6) is 0 Å². The molecule has 0 aromatic carbocycles. The molecule has 0 aromatic heterocycles. The summed E-state index contributed by atoms with van der Waals surface area (Å²) in [6.45, 7) is 6.51. The molecule has 0 amide bonds. The summed E-state index contributed by atoms with van der Waals surface area (Å²) in [5.41, 5.74) is 0. The molecule has 1 N–H and O–H groups in total. The second-order valence-corrected chi connectivity index (χ2v) is 5.07. The van der Waals surface area contributed by atoms with Crippen molar-refractivity contribution in [2.24, 2.45) is 0 Å². The van der Waals surface area contributed by atoms with Gasteiger partial charge in [-0.3, -0.25) is 4.90 Å².